The molecule has 0 spiro atoms. The highest BCUT2D eigenvalue weighted by Gasteiger charge is 2.44. The lowest BCUT2D eigenvalue weighted by molar-refractivity contribution is 0.591. The molecule has 2 aliphatic heterocycles. The SMILES string of the molecule is Cc1cc2c3c(c1)N(c1cc(-c4ccccc4)cc(-c4ccccc4)c1)c1ccc(C(C)(C)C)cc1B3c1ccccc1N2c1cc(-c2ccccc2)cc(-c2ccccc2)c1. The number of aryl methyl sites for hydroxylation is 1. The topological polar surface area (TPSA) is 6.48 Å². The van der Waals surface area contributed by atoms with Gasteiger partial charge in [-0.2, -0.15) is 0 Å². The Balaban J connectivity index is 1.21. The summed E-state index contributed by atoms with van der Waals surface area (Å²) in [5, 5.41) is 0. The second-order valence-corrected chi connectivity index (χ2v) is 17.9. The summed E-state index contributed by atoms with van der Waals surface area (Å²) in [6.07, 6.45) is 0. The first-order valence-electron chi connectivity index (χ1n) is 21.8. The number of hydrogen-bond acceptors (Lipinski definition) is 2. The van der Waals surface area contributed by atoms with Crippen molar-refractivity contribution in [3.05, 3.63) is 223 Å². The molecule has 0 fully saturated rings. The van der Waals surface area contributed by atoms with Gasteiger partial charge in [-0.1, -0.05) is 172 Å². The molecule has 0 aromatic heterocycles. The fourth-order valence-electron chi connectivity index (χ4n) is 9.78. The van der Waals surface area contributed by atoms with E-state index in [1.807, 2.05) is 0 Å². The molecule has 62 heavy (non-hydrogen) atoms. The minimum absolute atomic E-state index is 0.0263. The van der Waals surface area contributed by atoms with E-state index >= 15 is 0 Å². The Morgan fingerprint density at radius 2 is 0.726 bits per heavy atom. The van der Waals surface area contributed by atoms with Crippen molar-refractivity contribution in [2.24, 2.45) is 0 Å². The fraction of sp³-hybridized carbons (Fsp3) is 0.0847. The van der Waals surface area contributed by atoms with E-state index in [0.29, 0.717) is 0 Å². The molecular formula is C59H47BN2. The predicted octanol–water partition coefficient (Wildman–Crippen LogP) is 14.0. The Labute approximate surface area is 366 Å². The molecular weight excluding hydrogens is 747 g/mol. The van der Waals surface area contributed by atoms with Crippen LogP contribution in [0, 0.1) is 6.92 Å². The van der Waals surface area contributed by atoms with Crippen LogP contribution in [0.3, 0.4) is 0 Å². The lowest BCUT2D eigenvalue weighted by atomic mass is 9.33. The summed E-state index contributed by atoms with van der Waals surface area (Å²) in [5.41, 5.74) is 23.2. The number of benzene rings is 9. The van der Waals surface area contributed by atoms with E-state index < -0.39 is 0 Å². The largest absolute Gasteiger partial charge is 0.311 e. The van der Waals surface area contributed by atoms with Crippen LogP contribution in [0.25, 0.3) is 44.5 Å². The quantitative estimate of drug-likeness (QED) is 0.155. The van der Waals surface area contributed by atoms with Gasteiger partial charge in [0.1, 0.15) is 0 Å². The van der Waals surface area contributed by atoms with Crippen molar-refractivity contribution in [1.82, 2.24) is 0 Å². The minimum Gasteiger partial charge on any atom is -0.311 e. The fourth-order valence-corrected chi connectivity index (χ4v) is 9.78. The van der Waals surface area contributed by atoms with Crippen LogP contribution in [0.1, 0.15) is 31.9 Å². The molecule has 2 heterocycles. The van der Waals surface area contributed by atoms with Gasteiger partial charge in [0.2, 0.25) is 0 Å². The Hall–Kier alpha value is -7.36. The molecule has 9 aromatic rings. The van der Waals surface area contributed by atoms with Gasteiger partial charge in [-0.25, -0.2) is 0 Å². The first-order valence-corrected chi connectivity index (χ1v) is 21.8. The van der Waals surface area contributed by atoms with E-state index in [0.717, 1.165) is 11.4 Å². The van der Waals surface area contributed by atoms with Crippen molar-refractivity contribution in [2.45, 2.75) is 33.1 Å². The lowest BCUT2D eigenvalue weighted by Gasteiger charge is -2.45. The highest BCUT2D eigenvalue weighted by Crippen LogP contribution is 2.47. The van der Waals surface area contributed by atoms with Crippen molar-refractivity contribution in [3.63, 3.8) is 0 Å². The molecule has 0 unspecified atom stereocenters. The molecule has 2 nitrogen and oxygen atoms in total. The molecule has 0 radical (unpaired) electrons. The first-order chi connectivity index (χ1) is 30.3. The highest BCUT2D eigenvalue weighted by molar-refractivity contribution is 7.00. The van der Waals surface area contributed by atoms with Crippen LogP contribution >= 0.6 is 0 Å². The zero-order chi connectivity index (χ0) is 42.0. The molecule has 9 aromatic carbocycles. The van der Waals surface area contributed by atoms with Crippen LogP contribution < -0.4 is 26.2 Å². The maximum absolute atomic E-state index is 2.56. The Bertz CT molecular complexity index is 2980. The van der Waals surface area contributed by atoms with Crippen LogP contribution in [0.5, 0.6) is 0 Å². The zero-order valence-electron chi connectivity index (χ0n) is 35.7. The number of para-hydroxylation sites is 1. The second kappa shape index (κ2) is 15.0. The van der Waals surface area contributed by atoms with Crippen LogP contribution in [0.2, 0.25) is 0 Å². The molecule has 0 saturated carbocycles. The zero-order valence-corrected chi connectivity index (χ0v) is 35.7. The average Bonchev–Trinajstić information content (AvgIpc) is 3.31. The molecule has 2 aliphatic rings. The Kier molecular flexibility index (Phi) is 9.09. The van der Waals surface area contributed by atoms with Crippen molar-refractivity contribution in [2.75, 3.05) is 9.80 Å². The molecule has 0 N–H and O–H groups in total. The second-order valence-electron chi connectivity index (χ2n) is 17.9. The molecule has 0 bridgehead atoms. The van der Waals surface area contributed by atoms with E-state index in [2.05, 4.69) is 250 Å². The van der Waals surface area contributed by atoms with Gasteiger partial charge < -0.3 is 9.80 Å². The van der Waals surface area contributed by atoms with Gasteiger partial charge in [0.25, 0.3) is 6.71 Å². The maximum atomic E-state index is 2.56. The van der Waals surface area contributed by atoms with Crippen molar-refractivity contribution in [1.29, 1.82) is 0 Å². The number of nitrogens with zero attached hydrogens (tertiary/aromatic N) is 2. The van der Waals surface area contributed by atoms with Gasteiger partial charge in [-0.05, 0) is 145 Å². The summed E-state index contributed by atoms with van der Waals surface area (Å²) >= 11 is 0. The van der Waals surface area contributed by atoms with Gasteiger partial charge in [-0.3, -0.25) is 0 Å². The van der Waals surface area contributed by atoms with Crippen molar-refractivity contribution >= 4 is 57.2 Å². The standard InChI is InChI=1S/C59H47BN2/c1-40-31-56-58-57(32-40)62(51-37-47(43-23-13-7-14-24-43)34-48(38-51)44-25-15-8-16-26-44)55-30-29-49(59(2,3)4)39-53(55)60(58)52-27-17-18-28-54(52)61(56)50-35-45(41-19-9-5-10-20-41)33-46(36-50)42-21-11-6-12-22-42/h5-39H,1-4H3. The van der Waals surface area contributed by atoms with Crippen LogP contribution in [0.15, 0.2) is 212 Å². The Morgan fingerprint density at radius 1 is 0.339 bits per heavy atom. The number of rotatable bonds is 6. The summed E-state index contributed by atoms with van der Waals surface area (Å²) in [6.45, 7) is 9.27. The minimum atomic E-state index is -0.0319. The van der Waals surface area contributed by atoms with Gasteiger partial charge in [0.05, 0.1) is 0 Å². The van der Waals surface area contributed by atoms with E-state index in [4.69, 9.17) is 0 Å². The number of fused-ring (bicyclic) bond motifs is 4. The van der Waals surface area contributed by atoms with E-state index in [-0.39, 0.29) is 12.1 Å². The summed E-state index contributed by atoms with van der Waals surface area (Å²) in [5.74, 6) is 0. The summed E-state index contributed by atoms with van der Waals surface area (Å²) in [6, 6.07) is 78.7. The summed E-state index contributed by atoms with van der Waals surface area (Å²) < 4.78 is 0. The van der Waals surface area contributed by atoms with Gasteiger partial charge in [-0.15, -0.1) is 0 Å². The Morgan fingerprint density at radius 3 is 1.15 bits per heavy atom. The van der Waals surface area contributed by atoms with Crippen LogP contribution in [-0.4, -0.2) is 6.71 Å². The number of hydrogen-bond donors (Lipinski definition) is 0. The third kappa shape index (κ3) is 6.53. The predicted molar refractivity (Wildman–Crippen MR) is 266 cm³/mol. The van der Waals surface area contributed by atoms with Gasteiger partial charge in [0, 0.05) is 34.1 Å². The molecule has 0 saturated heterocycles. The maximum Gasteiger partial charge on any atom is 0.252 e. The third-order valence-corrected chi connectivity index (χ3v) is 12.8. The molecule has 296 valence electrons. The molecule has 0 aliphatic carbocycles. The first kappa shape index (κ1) is 37.6. The van der Waals surface area contributed by atoms with Crippen LogP contribution in [0.4, 0.5) is 34.1 Å². The monoisotopic (exact) mass is 794 g/mol. The van der Waals surface area contributed by atoms with E-state index in [1.165, 1.54) is 94.8 Å². The van der Waals surface area contributed by atoms with E-state index in [1.54, 1.807) is 0 Å². The average molecular weight is 795 g/mol. The highest BCUT2D eigenvalue weighted by atomic mass is 15.2. The van der Waals surface area contributed by atoms with Crippen LogP contribution in [-0.2, 0) is 5.41 Å². The molecule has 3 heteroatoms. The van der Waals surface area contributed by atoms with E-state index in [9.17, 15) is 0 Å². The lowest BCUT2D eigenvalue weighted by Crippen LogP contribution is -2.61. The third-order valence-electron chi connectivity index (χ3n) is 12.8. The van der Waals surface area contributed by atoms with Crippen molar-refractivity contribution in [3.8, 4) is 44.5 Å². The number of anilines is 6. The molecule has 0 atom stereocenters. The summed E-state index contributed by atoms with van der Waals surface area (Å²) in [4.78, 5) is 5.11. The molecule has 0 amide bonds. The normalized spacial score (nSPS) is 12.7. The van der Waals surface area contributed by atoms with Gasteiger partial charge in [0.15, 0.2) is 0 Å². The summed E-state index contributed by atoms with van der Waals surface area (Å²) in [7, 11) is 0. The molecule has 11 rings (SSSR count). The smallest absolute Gasteiger partial charge is 0.252 e. The van der Waals surface area contributed by atoms with Gasteiger partial charge >= 0.3 is 0 Å². The van der Waals surface area contributed by atoms with Crippen molar-refractivity contribution < 1.29 is 0 Å².